The smallest absolute Gasteiger partial charge is 0.119 e. The molecule has 0 fully saturated rings. The molecule has 0 aliphatic rings. The van der Waals surface area contributed by atoms with Gasteiger partial charge in [0.05, 0.1) is 14.2 Å². The maximum absolute atomic E-state index is 10.7. The molecule has 0 radical (unpaired) electrons. The van der Waals surface area contributed by atoms with E-state index in [-0.39, 0.29) is 13.2 Å². The second-order valence-corrected chi connectivity index (χ2v) is 8.02. The van der Waals surface area contributed by atoms with Gasteiger partial charge in [0.1, 0.15) is 48.4 Å². The zero-order valence-corrected chi connectivity index (χ0v) is 19.9. The minimum absolute atomic E-state index is 0.118. The van der Waals surface area contributed by atoms with Crippen LogP contribution in [0.5, 0.6) is 23.0 Å². The number of anilines is 1. The lowest BCUT2D eigenvalue weighted by Crippen LogP contribution is -2.41. The summed E-state index contributed by atoms with van der Waals surface area (Å²) >= 11 is 0. The van der Waals surface area contributed by atoms with Gasteiger partial charge in [0.15, 0.2) is 0 Å². The maximum Gasteiger partial charge on any atom is 0.119 e. The number of hydrogen-bond acceptors (Lipinski definition) is 7. The van der Waals surface area contributed by atoms with Crippen molar-refractivity contribution < 1.29 is 29.2 Å². The molecule has 0 saturated heterocycles. The van der Waals surface area contributed by atoms with Crippen LogP contribution in [0.3, 0.4) is 0 Å². The van der Waals surface area contributed by atoms with Crippen molar-refractivity contribution in [1.29, 1.82) is 0 Å². The highest BCUT2D eigenvalue weighted by Crippen LogP contribution is 2.20. The molecule has 0 amide bonds. The molecular formula is C27H33NO6. The number of nitrogens with zero attached hydrogens (tertiary/aromatic N) is 1. The zero-order valence-electron chi connectivity index (χ0n) is 19.9. The van der Waals surface area contributed by atoms with Crippen molar-refractivity contribution in [2.45, 2.75) is 19.1 Å². The Morgan fingerprint density at radius 3 is 1.38 bits per heavy atom. The number of aliphatic hydroxyl groups excluding tert-OH is 2. The van der Waals surface area contributed by atoms with Crippen LogP contribution in [0.25, 0.3) is 0 Å². The summed E-state index contributed by atoms with van der Waals surface area (Å²) in [6.45, 7) is 2.83. The molecule has 0 aromatic heterocycles. The molecule has 3 rings (SSSR count). The van der Waals surface area contributed by atoms with Crippen molar-refractivity contribution in [3.05, 3.63) is 78.4 Å². The number of ether oxygens (including phenoxy) is 4. The summed E-state index contributed by atoms with van der Waals surface area (Å²) in [7, 11) is 3.21. The normalized spacial score (nSPS) is 12.5. The largest absolute Gasteiger partial charge is 0.497 e. The van der Waals surface area contributed by atoms with Crippen molar-refractivity contribution in [3.8, 4) is 23.0 Å². The number of aliphatic hydroxyl groups is 2. The highest BCUT2D eigenvalue weighted by atomic mass is 16.5. The lowest BCUT2D eigenvalue weighted by Gasteiger charge is -2.29. The third kappa shape index (κ3) is 7.86. The summed E-state index contributed by atoms with van der Waals surface area (Å²) in [6.07, 6.45) is -1.53. The lowest BCUT2D eigenvalue weighted by molar-refractivity contribution is 0.0954. The van der Waals surface area contributed by atoms with E-state index in [4.69, 9.17) is 18.9 Å². The molecule has 7 nitrogen and oxygen atoms in total. The summed E-state index contributed by atoms with van der Waals surface area (Å²) in [5, 5.41) is 21.3. The topological polar surface area (TPSA) is 80.6 Å². The van der Waals surface area contributed by atoms with E-state index in [2.05, 4.69) is 0 Å². The van der Waals surface area contributed by atoms with Crippen LogP contribution in [-0.4, -0.2) is 62.9 Å². The average Bonchev–Trinajstić information content (AvgIpc) is 2.87. The molecule has 0 aliphatic carbocycles. The molecule has 0 aliphatic heterocycles. The first-order valence-electron chi connectivity index (χ1n) is 11.2. The highest BCUT2D eigenvalue weighted by Gasteiger charge is 2.18. The van der Waals surface area contributed by atoms with Crippen LogP contribution in [0.2, 0.25) is 0 Å². The molecule has 34 heavy (non-hydrogen) atoms. The molecule has 2 N–H and O–H groups in total. The van der Waals surface area contributed by atoms with Gasteiger partial charge in [0, 0.05) is 18.8 Å². The minimum Gasteiger partial charge on any atom is -0.497 e. The van der Waals surface area contributed by atoms with Crippen LogP contribution < -0.4 is 23.8 Å². The molecule has 0 spiro atoms. The predicted octanol–water partition coefficient (Wildman–Crippen LogP) is 3.70. The average molecular weight is 468 g/mol. The SMILES string of the molecule is COc1ccc(OC[C@@H](O)CN(C[C@H](O)COc2ccc(OC)cc2)c2ccc(C)cc2)cc1. The van der Waals surface area contributed by atoms with E-state index in [0.29, 0.717) is 24.6 Å². The van der Waals surface area contributed by atoms with Gasteiger partial charge in [0.2, 0.25) is 0 Å². The predicted molar refractivity (Wildman–Crippen MR) is 132 cm³/mol. The van der Waals surface area contributed by atoms with E-state index in [0.717, 1.165) is 22.7 Å². The van der Waals surface area contributed by atoms with Gasteiger partial charge in [-0.25, -0.2) is 0 Å². The number of rotatable bonds is 13. The molecule has 0 bridgehead atoms. The first-order chi connectivity index (χ1) is 16.5. The van der Waals surface area contributed by atoms with Gasteiger partial charge in [-0.15, -0.1) is 0 Å². The van der Waals surface area contributed by atoms with Gasteiger partial charge >= 0.3 is 0 Å². The Morgan fingerprint density at radius 1 is 0.618 bits per heavy atom. The summed E-state index contributed by atoms with van der Waals surface area (Å²) in [5.74, 6) is 2.78. The van der Waals surface area contributed by atoms with Crippen molar-refractivity contribution in [1.82, 2.24) is 0 Å². The summed E-state index contributed by atoms with van der Waals surface area (Å²) in [6, 6.07) is 22.4. The third-order valence-electron chi connectivity index (χ3n) is 5.27. The van der Waals surface area contributed by atoms with Crippen molar-refractivity contribution in [3.63, 3.8) is 0 Å². The number of aryl methyl sites for hydroxylation is 1. The maximum atomic E-state index is 10.7. The Labute approximate surface area is 201 Å². The van der Waals surface area contributed by atoms with Crippen LogP contribution in [0, 0.1) is 6.92 Å². The van der Waals surface area contributed by atoms with Gasteiger partial charge in [-0.1, -0.05) is 17.7 Å². The van der Waals surface area contributed by atoms with E-state index in [1.54, 1.807) is 62.8 Å². The number of methoxy groups -OCH3 is 2. The third-order valence-corrected chi connectivity index (χ3v) is 5.27. The van der Waals surface area contributed by atoms with Crippen LogP contribution in [0.1, 0.15) is 5.56 Å². The zero-order chi connectivity index (χ0) is 24.3. The molecule has 3 aromatic carbocycles. The van der Waals surface area contributed by atoms with E-state index in [1.807, 2.05) is 36.1 Å². The van der Waals surface area contributed by atoms with E-state index in [9.17, 15) is 10.2 Å². The monoisotopic (exact) mass is 467 g/mol. The quantitative estimate of drug-likeness (QED) is 0.397. The van der Waals surface area contributed by atoms with Crippen LogP contribution >= 0.6 is 0 Å². The van der Waals surface area contributed by atoms with Crippen molar-refractivity contribution >= 4 is 5.69 Å². The van der Waals surface area contributed by atoms with E-state index in [1.165, 1.54) is 0 Å². The Balaban J connectivity index is 1.57. The molecule has 7 heteroatoms. The highest BCUT2D eigenvalue weighted by molar-refractivity contribution is 5.48. The summed E-state index contributed by atoms with van der Waals surface area (Å²) in [5.41, 5.74) is 2.04. The fourth-order valence-corrected chi connectivity index (χ4v) is 3.38. The van der Waals surface area contributed by atoms with E-state index >= 15 is 0 Å². The molecule has 0 heterocycles. The molecule has 0 unspecified atom stereocenters. The Morgan fingerprint density at radius 2 is 1.00 bits per heavy atom. The molecular weight excluding hydrogens is 434 g/mol. The van der Waals surface area contributed by atoms with Crippen molar-refractivity contribution in [2.75, 3.05) is 45.4 Å². The second-order valence-electron chi connectivity index (χ2n) is 8.02. The number of hydrogen-bond donors (Lipinski definition) is 2. The number of benzene rings is 3. The van der Waals surface area contributed by atoms with E-state index < -0.39 is 12.2 Å². The van der Waals surface area contributed by atoms with Gasteiger partial charge < -0.3 is 34.1 Å². The Kier molecular flexibility index (Phi) is 9.43. The van der Waals surface area contributed by atoms with Crippen LogP contribution in [-0.2, 0) is 0 Å². The first kappa shape index (κ1) is 25.2. The fourth-order valence-electron chi connectivity index (χ4n) is 3.38. The molecule has 0 saturated carbocycles. The van der Waals surface area contributed by atoms with Gasteiger partial charge in [-0.3, -0.25) is 0 Å². The van der Waals surface area contributed by atoms with Gasteiger partial charge in [0.25, 0.3) is 0 Å². The first-order valence-corrected chi connectivity index (χ1v) is 11.2. The Hall–Kier alpha value is -3.42. The van der Waals surface area contributed by atoms with Crippen LogP contribution in [0.15, 0.2) is 72.8 Å². The summed E-state index contributed by atoms with van der Waals surface area (Å²) < 4.78 is 21.7. The second kappa shape index (κ2) is 12.7. The molecule has 182 valence electrons. The molecule has 3 aromatic rings. The van der Waals surface area contributed by atoms with Crippen LogP contribution in [0.4, 0.5) is 5.69 Å². The Bertz CT molecular complexity index is 916. The summed E-state index contributed by atoms with van der Waals surface area (Å²) in [4.78, 5) is 1.93. The van der Waals surface area contributed by atoms with Gasteiger partial charge in [-0.2, -0.15) is 0 Å². The van der Waals surface area contributed by atoms with Crippen molar-refractivity contribution in [2.24, 2.45) is 0 Å². The minimum atomic E-state index is -0.766. The lowest BCUT2D eigenvalue weighted by atomic mass is 10.2. The molecule has 2 atom stereocenters. The van der Waals surface area contributed by atoms with Gasteiger partial charge in [-0.05, 0) is 67.6 Å². The fraction of sp³-hybridized carbons (Fsp3) is 0.333. The standard InChI is InChI=1S/C27H33NO6/c1-20-4-6-21(7-5-20)28(16-22(29)18-33-26-12-8-24(31-2)9-13-26)17-23(30)19-34-27-14-10-25(32-3)11-15-27/h4-15,22-23,29-30H,16-19H2,1-3H3/t22-,23-/m0/s1.